The van der Waals surface area contributed by atoms with Gasteiger partial charge in [0, 0.05) is 22.9 Å². The lowest BCUT2D eigenvalue weighted by Crippen LogP contribution is -2.76. The number of phenols is 1. The Hall–Kier alpha value is -3.54. The number of Topliss-reactive ketones (excluding diaryl/α,β-unsaturated/α-hetero) is 2. The van der Waals surface area contributed by atoms with Crippen LogP contribution in [-0.4, -0.2) is 85.9 Å². The van der Waals surface area contributed by atoms with Gasteiger partial charge < -0.3 is 36.2 Å². The highest BCUT2D eigenvalue weighted by atomic mass is 35.5. The molecule has 10 nitrogen and oxygen atoms in total. The van der Waals surface area contributed by atoms with Gasteiger partial charge in [-0.3, -0.25) is 14.4 Å². The maximum Gasteiger partial charge on any atom is 0.230 e. The Balaban J connectivity index is 1.83. The maximum absolute atomic E-state index is 14.1. The number of primary amides is 1. The first-order valence-corrected chi connectivity index (χ1v) is 12.6. The summed E-state index contributed by atoms with van der Waals surface area (Å²) in [6.45, 7) is 0. The average Bonchev–Trinajstić information content (AvgIpc) is 2.85. The fraction of sp³-hybridized carbons (Fsp3) is 0.321. The molecule has 0 saturated heterocycles. The van der Waals surface area contributed by atoms with E-state index in [9.17, 15) is 39.9 Å². The van der Waals surface area contributed by atoms with Crippen molar-refractivity contribution in [3.05, 3.63) is 69.8 Å². The standard InChI is InChI=1S/C28H27ClN2O8/c1-31(2)21-20-23(34)17-14(10-11-5-3-6-12(29)9-11)13-7-4-8-15(32)16(13)22(33)18(17)25(36)28(20,39)26(37)19(24(21)35)27(30)38/h3-10,17,19-21,23-24,32-35,39H,1-2H3,(H2,30,38)/b14-10+/t17-,19?,20-,21+,23+,24?,28+/m1/s1. The number of aromatic hydroxyl groups is 1. The van der Waals surface area contributed by atoms with Gasteiger partial charge in [-0.1, -0.05) is 41.9 Å². The SMILES string of the molecule is CN(C)[C@@H]1C(O)C(C(N)=O)C(=O)[C@@]2(O)C(=O)C3=C(O)c4c(O)cccc4/C(=C\c4cccc(Cl)c4)[C@H]3[C@H](O)[C@@H]12. The lowest BCUT2D eigenvalue weighted by atomic mass is 9.52. The zero-order chi connectivity index (χ0) is 28.5. The second kappa shape index (κ2) is 9.29. The van der Waals surface area contributed by atoms with Crippen LogP contribution >= 0.6 is 11.6 Å². The number of amides is 1. The number of fused-ring (bicyclic) bond motifs is 3. The molecule has 39 heavy (non-hydrogen) atoms. The molecule has 0 aliphatic heterocycles. The molecule has 0 heterocycles. The highest BCUT2D eigenvalue weighted by Gasteiger charge is 2.70. The van der Waals surface area contributed by atoms with Crippen LogP contribution in [-0.2, 0) is 14.4 Å². The van der Waals surface area contributed by atoms with Gasteiger partial charge in [-0.2, -0.15) is 0 Å². The van der Waals surface area contributed by atoms with Gasteiger partial charge in [0.2, 0.25) is 11.7 Å². The molecule has 2 saturated carbocycles. The van der Waals surface area contributed by atoms with Gasteiger partial charge in [0.1, 0.15) is 17.4 Å². The Morgan fingerprint density at radius 2 is 1.74 bits per heavy atom. The van der Waals surface area contributed by atoms with Gasteiger partial charge in [-0.05, 0) is 49.0 Å². The van der Waals surface area contributed by atoms with Crippen LogP contribution in [0.25, 0.3) is 17.4 Å². The predicted molar refractivity (Wildman–Crippen MR) is 141 cm³/mol. The number of hydrogen-bond acceptors (Lipinski definition) is 9. The zero-order valence-corrected chi connectivity index (χ0v) is 21.7. The van der Waals surface area contributed by atoms with Crippen molar-refractivity contribution < 1.29 is 39.9 Å². The lowest BCUT2D eigenvalue weighted by molar-refractivity contribution is -0.196. The maximum atomic E-state index is 14.1. The van der Waals surface area contributed by atoms with E-state index in [1.54, 1.807) is 36.4 Å². The van der Waals surface area contributed by atoms with Gasteiger partial charge in [0.15, 0.2) is 11.4 Å². The Bertz CT molecular complexity index is 1480. The van der Waals surface area contributed by atoms with Crippen LogP contribution in [0.5, 0.6) is 5.75 Å². The number of halogens is 1. The first kappa shape index (κ1) is 27.0. The average molecular weight is 555 g/mol. The van der Waals surface area contributed by atoms with Crippen molar-refractivity contribution >= 4 is 46.5 Å². The number of carbonyl (C=O) groups is 3. The highest BCUT2D eigenvalue weighted by Crippen LogP contribution is 2.55. The largest absolute Gasteiger partial charge is 0.507 e. The summed E-state index contributed by atoms with van der Waals surface area (Å²) < 4.78 is 0. The van der Waals surface area contributed by atoms with Crippen molar-refractivity contribution in [1.82, 2.24) is 4.90 Å². The van der Waals surface area contributed by atoms with Crippen LogP contribution in [0, 0.1) is 17.8 Å². The summed E-state index contributed by atoms with van der Waals surface area (Å²) in [4.78, 5) is 41.2. The number of nitrogens with two attached hydrogens (primary N) is 1. The number of ketones is 2. The van der Waals surface area contributed by atoms with Crippen molar-refractivity contribution in [3.8, 4) is 5.75 Å². The van der Waals surface area contributed by atoms with Gasteiger partial charge in [-0.15, -0.1) is 0 Å². The Morgan fingerprint density at radius 1 is 1.08 bits per heavy atom. The van der Waals surface area contributed by atoms with E-state index in [-0.39, 0.29) is 11.3 Å². The molecule has 2 aromatic carbocycles. The minimum Gasteiger partial charge on any atom is -0.507 e. The minimum absolute atomic E-state index is 0.126. The molecule has 3 aliphatic rings. The molecule has 7 N–H and O–H groups in total. The van der Waals surface area contributed by atoms with E-state index in [1.165, 1.54) is 31.1 Å². The normalized spacial score (nSPS) is 33.2. The van der Waals surface area contributed by atoms with Crippen molar-refractivity contribution in [2.24, 2.45) is 23.5 Å². The Labute approximate surface area is 228 Å². The third-order valence-corrected chi connectivity index (χ3v) is 8.30. The van der Waals surface area contributed by atoms with E-state index in [1.807, 2.05) is 0 Å². The first-order valence-electron chi connectivity index (χ1n) is 12.2. The van der Waals surface area contributed by atoms with E-state index in [4.69, 9.17) is 17.3 Å². The molecule has 2 aromatic rings. The number of carbonyl (C=O) groups excluding carboxylic acids is 3. The van der Waals surface area contributed by atoms with E-state index in [0.717, 1.165) is 0 Å². The Kier molecular flexibility index (Phi) is 6.44. The molecule has 5 rings (SSSR count). The minimum atomic E-state index is -3.00. The summed E-state index contributed by atoms with van der Waals surface area (Å²) in [5.41, 5.74) is 2.94. The number of aliphatic hydroxyl groups is 4. The van der Waals surface area contributed by atoms with E-state index >= 15 is 0 Å². The van der Waals surface area contributed by atoms with Crippen LogP contribution in [0.4, 0.5) is 0 Å². The van der Waals surface area contributed by atoms with Crippen molar-refractivity contribution in [2.75, 3.05) is 14.1 Å². The third kappa shape index (κ3) is 3.75. The zero-order valence-electron chi connectivity index (χ0n) is 20.9. The summed E-state index contributed by atoms with van der Waals surface area (Å²) in [5, 5.41) is 57.1. The Morgan fingerprint density at radius 3 is 2.36 bits per heavy atom. The van der Waals surface area contributed by atoms with Crippen LogP contribution in [0.2, 0.25) is 5.02 Å². The van der Waals surface area contributed by atoms with Crippen LogP contribution in [0.15, 0.2) is 48.0 Å². The van der Waals surface area contributed by atoms with Gasteiger partial charge in [-0.25, -0.2) is 0 Å². The summed E-state index contributed by atoms with van der Waals surface area (Å²) in [5.74, 6) is -9.80. The fourth-order valence-electron chi connectivity index (χ4n) is 6.44. The molecule has 0 aromatic heterocycles. The molecule has 204 valence electrons. The molecule has 2 fully saturated rings. The molecular formula is C28H27ClN2O8. The smallest absolute Gasteiger partial charge is 0.230 e. The van der Waals surface area contributed by atoms with Crippen LogP contribution < -0.4 is 5.73 Å². The van der Waals surface area contributed by atoms with Crippen LogP contribution in [0.1, 0.15) is 16.7 Å². The molecule has 0 radical (unpaired) electrons. The number of benzene rings is 2. The quantitative estimate of drug-likeness (QED) is 0.298. The van der Waals surface area contributed by atoms with E-state index in [0.29, 0.717) is 21.7 Å². The number of nitrogens with zero attached hydrogens (tertiary/aromatic N) is 1. The molecule has 1 amide bonds. The number of hydrogen-bond donors (Lipinski definition) is 6. The number of likely N-dealkylation sites (N-methyl/N-ethyl adjacent to an activating group) is 1. The topological polar surface area (TPSA) is 182 Å². The molecule has 3 aliphatic carbocycles. The summed E-state index contributed by atoms with van der Waals surface area (Å²) in [6.07, 6.45) is -1.83. The molecular weight excluding hydrogens is 528 g/mol. The molecule has 0 spiro atoms. The van der Waals surface area contributed by atoms with Crippen LogP contribution in [0.3, 0.4) is 0 Å². The number of phenolic OH excluding ortho intramolecular Hbond substituents is 1. The molecule has 11 heteroatoms. The molecule has 7 atom stereocenters. The predicted octanol–water partition coefficient (Wildman–Crippen LogP) is 0.751. The number of aliphatic hydroxyl groups excluding tert-OH is 3. The van der Waals surface area contributed by atoms with E-state index < -0.39 is 70.4 Å². The fourth-order valence-corrected chi connectivity index (χ4v) is 6.64. The molecule has 0 bridgehead atoms. The van der Waals surface area contributed by atoms with Crippen molar-refractivity contribution in [2.45, 2.75) is 23.9 Å². The summed E-state index contributed by atoms with van der Waals surface area (Å²) in [7, 11) is 3.00. The second-order valence-corrected chi connectivity index (χ2v) is 10.8. The second-order valence-electron chi connectivity index (χ2n) is 10.4. The number of rotatable bonds is 3. The molecule has 2 unspecified atom stereocenters. The first-order chi connectivity index (χ1) is 18.3. The summed E-state index contributed by atoms with van der Waals surface area (Å²) >= 11 is 6.17. The third-order valence-electron chi connectivity index (χ3n) is 8.07. The van der Waals surface area contributed by atoms with Crippen molar-refractivity contribution in [3.63, 3.8) is 0 Å². The summed E-state index contributed by atoms with van der Waals surface area (Å²) in [6, 6.07) is 9.86. The monoisotopic (exact) mass is 554 g/mol. The van der Waals surface area contributed by atoms with E-state index in [2.05, 4.69) is 0 Å². The lowest BCUT2D eigenvalue weighted by Gasteiger charge is -2.55. The van der Waals surface area contributed by atoms with Gasteiger partial charge in [0.25, 0.3) is 0 Å². The van der Waals surface area contributed by atoms with Gasteiger partial charge in [0.05, 0.1) is 23.3 Å². The van der Waals surface area contributed by atoms with Crippen molar-refractivity contribution in [1.29, 1.82) is 0 Å². The van der Waals surface area contributed by atoms with Gasteiger partial charge >= 0.3 is 0 Å². The highest BCUT2D eigenvalue weighted by molar-refractivity contribution is 6.30.